The molecule has 2 aromatic carbocycles. The van der Waals surface area contributed by atoms with Crippen LogP contribution in [0.1, 0.15) is 61.8 Å². The molecule has 2 aromatic rings. The molecule has 0 bridgehead atoms. The van der Waals surface area contributed by atoms with Crippen LogP contribution in [0.15, 0.2) is 48.5 Å². The fourth-order valence-corrected chi connectivity index (χ4v) is 3.55. The molecule has 0 fully saturated rings. The Balaban J connectivity index is 2.17. The van der Waals surface area contributed by atoms with Gasteiger partial charge in [0, 0.05) is 19.5 Å². The van der Waals surface area contributed by atoms with Crippen LogP contribution in [0, 0.1) is 13.8 Å². The normalized spacial score (nSPS) is 11.7. The summed E-state index contributed by atoms with van der Waals surface area (Å²) in [5.41, 5.74) is 4.57. The average molecular weight is 409 g/mol. The maximum atomic E-state index is 13.3. The molecule has 0 aliphatic heterocycles. The van der Waals surface area contributed by atoms with E-state index in [9.17, 15) is 9.59 Å². The number of amides is 2. The van der Waals surface area contributed by atoms with Crippen LogP contribution in [-0.4, -0.2) is 29.3 Å². The number of nitrogens with zero attached hydrogens (tertiary/aromatic N) is 1. The first-order chi connectivity index (χ1) is 14.5. The Hall–Kier alpha value is -2.62. The van der Waals surface area contributed by atoms with Crippen molar-refractivity contribution in [3.8, 4) is 0 Å². The van der Waals surface area contributed by atoms with Gasteiger partial charge in [0.1, 0.15) is 6.04 Å². The Kier molecular flexibility index (Phi) is 9.59. The zero-order valence-electron chi connectivity index (χ0n) is 18.9. The fraction of sp³-hybridized carbons (Fsp3) is 0.462. The van der Waals surface area contributed by atoms with Crippen molar-refractivity contribution in [3.63, 3.8) is 0 Å². The Bertz CT molecular complexity index is 814. The molecule has 0 aliphatic carbocycles. The molecule has 0 radical (unpaired) electrons. The van der Waals surface area contributed by atoms with Crippen molar-refractivity contribution in [2.45, 2.75) is 72.4 Å². The fourth-order valence-electron chi connectivity index (χ4n) is 3.55. The Morgan fingerprint density at radius 2 is 1.70 bits per heavy atom. The summed E-state index contributed by atoms with van der Waals surface area (Å²) in [6.07, 6.45) is 3.64. The van der Waals surface area contributed by atoms with Gasteiger partial charge in [-0.05, 0) is 49.8 Å². The number of hydrogen-bond acceptors (Lipinski definition) is 2. The molecule has 30 heavy (non-hydrogen) atoms. The minimum absolute atomic E-state index is 0.0244. The number of aryl methyl sites for hydroxylation is 3. The smallest absolute Gasteiger partial charge is 0.242 e. The number of nitrogens with one attached hydrogen (secondary N) is 1. The zero-order chi connectivity index (χ0) is 21.9. The topological polar surface area (TPSA) is 49.4 Å². The quantitative estimate of drug-likeness (QED) is 0.534. The lowest BCUT2D eigenvalue weighted by atomic mass is 10.0. The third kappa shape index (κ3) is 7.01. The molecule has 0 spiro atoms. The minimum Gasteiger partial charge on any atom is -0.354 e. The van der Waals surface area contributed by atoms with Gasteiger partial charge in [-0.2, -0.15) is 0 Å². The van der Waals surface area contributed by atoms with Crippen LogP contribution >= 0.6 is 0 Å². The van der Waals surface area contributed by atoms with E-state index < -0.39 is 6.04 Å². The molecule has 0 saturated carbocycles. The molecule has 0 saturated heterocycles. The van der Waals surface area contributed by atoms with Crippen molar-refractivity contribution in [1.82, 2.24) is 10.2 Å². The molecular formula is C26H36N2O2. The summed E-state index contributed by atoms with van der Waals surface area (Å²) in [7, 11) is 0. The van der Waals surface area contributed by atoms with Crippen molar-refractivity contribution < 1.29 is 9.59 Å². The van der Waals surface area contributed by atoms with Gasteiger partial charge in [-0.1, -0.05) is 74.4 Å². The highest BCUT2D eigenvalue weighted by atomic mass is 16.2. The molecule has 0 unspecified atom stereocenters. The molecule has 0 heterocycles. The van der Waals surface area contributed by atoms with Crippen molar-refractivity contribution in [2.24, 2.45) is 0 Å². The first-order valence-electron chi connectivity index (χ1n) is 11.1. The van der Waals surface area contributed by atoms with Crippen LogP contribution in [-0.2, 0) is 22.6 Å². The lowest BCUT2D eigenvalue weighted by Gasteiger charge is -2.31. The molecule has 0 aromatic heterocycles. The molecule has 2 rings (SSSR count). The van der Waals surface area contributed by atoms with E-state index in [1.54, 1.807) is 4.90 Å². The minimum atomic E-state index is -0.452. The first kappa shape index (κ1) is 23.7. The number of hydrogen-bond donors (Lipinski definition) is 1. The summed E-state index contributed by atoms with van der Waals surface area (Å²) in [6.45, 7) is 9.29. The molecule has 4 nitrogen and oxygen atoms in total. The largest absolute Gasteiger partial charge is 0.354 e. The maximum Gasteiger partial charge on any atom is 0.242 e. The summed E-state index contributed by atoms with van der Waals surface area (Å²) in [5.74, 6) is -0.0282. The third-order valence-electron chi connectivity index (χ3n) is 5.57. The van der Waals surface area contributed by atoms with Crippen molar-refractivity contribution in [2.75, 3.05) is 6.54 Å². The molecule has 0 aliphatic rings. The summed E-state index contributed by atoms with van der Waals surface area (Å²) < 4.78 is 0. The van der Waals surface area contributed by atoms with Crippen LogP contribution in [0.2, 0.25) is 0 Å². The van der Waals surface area contributed by atoms with Crippen LogP contribution in [0.4, 0.5) is 0 Å². The third-order valence-corrected chi connectivity index (χ3v) is 5.57. The number of unbranched alkanes of at least 4 members (excludes halogenated alkanes) is 1. The standard InChI is InChI=1S/C26H36N2O2/c1-5-7-18-27-26(30)24(6-2)28(19-23-11-9-8-10-21(23)4)25(29)17-16-22-14-12-20(3)13-15-22/h8-15,24H,5-7,16-19H2,1-4H3,(H,27,30)/t24-/m1/s1. The highest BCUT2D eigenvalue weighted by Gasteiger charge is 2.28. The van der Waals surface area contributed by atoms with E-state index in [2.05, 4.69) is 43.4 Å². The second-order valence-electron chi connectivity index (χ2n) is 8.00. The van der Waals surface area contributed by atoms with Gasteiger partial charge in [-0.3, -0.25) is 9.59 Å². The predicted octanol–water partition coefficient (Wildman–Crippen LogP) is 4.96. The van der Waals surface area contributed by atoms with Crippen LogP contribution < -0.4 is 5.32 Å². The van der Waals surface area contributed by atoms with Gasteiger partial charge >= 0.3 is 0 Å². The summed E-state index contributed by atoms with van der Waals surface area (Å²) in [5, 5.41) is 3.02. The second kappa shape index (κ2) is 12.2. The zero-order valence-corrected chi connectivity index (χ0v) is 18.9. The van der Waals surface area contributed by atoms with Crippen molar-refractivity contribution >= 4 is 11.8 Å². The van der Waals surface area contributed by atoms with E-state index in [4.69, 9.17) is 0 Å². The summed E-state index contributed by atoms with van der Waals surface area (Å²) >= 11 is 0. The molecular weight excluding hydrogens is 372 g/mol. The lowest BCUT2D eigenvalue weighted by molar-refractivity contribution is -0.141. The Morgan fingerprint density at radius 1 is 1.00 bits per heavy atom. The van der Waals surface area contributed by atoms with Crippen LogP contribution in [0.25, 0.3) is 0 Å². The van der Waals surface area contributed by atoms with Gasteiger partial charge in [0.15, 0.2) is 0 Å². The highest BCUT2D eigenvalue weighted by Crippen LogP contribution is 2.17. The first-order valence-corrected chi connectivity index (χ1v) is 11.1. The predicted molar refractivity (Wildman–Crippen MR) is 123 cm³/mol. The van der Waals surface area contributed by atoms with Crippen molar-refractivity contribution in [3.05, 3.63) is 70.8 Å². The number of carbonyl (C=O) groups is 2. The van der Waals surface area contributed by atoms with E-state index in [0.717, 1.165) is 29.5 Å². The second-order valence-corrected chi connectivity index (χ2v) is 8.00. The molecule has 1 N–H and O–H groups in total. The number of carbonyl (C=O) groups excluding carboxylic acids is 2. The van der Waals surface area contributed by atoms with Gasteiger partial charge < -0.3 is 10.2 Å². The van der Waals surface area contributed by atoms with Gasteiger partial charge in [0.05, 0.1) is 0 Å². The SMILES string of the molecule is CCCCNC(=O)[C@@H](CC)N(Cc1ccccc1C)C(=O)CCc1ccc(C)cc1. The summed E-state index contributed by atoms with van der Waals surface area (Å²) in [6, 6.07) is 15.9. The van der Waals surface area contributed by atoms with E-state index in [0.29, 0.717) is 32.4 Å². The van der Waals surface area contributed by atoms with E-state index in [1.807, 2.05) is 38.1 Å². The van der Waals surface area contributed by atoms with Crippen molar-refractivity contribution in [1.29, 1.82) is 0 Å². The van der Waals surface area contributed by atoms with Crippen LogP contribution in [0.3, 0.4) is 0 Å². The van der Waals surface area contributed by atoms with Gasteiger partial charge in [0.2, 0.25) is 11.8 Å². The van der Waals surface area contributed by atoms with E-state index >= 15 is 0 Å². The average Bonchev–Trinajstić information content (AvgIpc) is 2.74. The monoisotopic (exact) mass is 408 g/mol. The summed E-state index contributed by atoms with van der Waals surface area (Å²) in [4.78, 5) is 27.9. The number of rotatable bonds is 11. The highest BCUT2D eigenvalue weighted by molar-refractivity contribution is 5.87. The molecule has 1 atom stereocenters. The lowest BCUT2D eigenvalue weighted by Crippen LogP contribution is -2.49. The van der Waals surface area contributed by atoms with E-state index in [-0.39, 0.29) is 11.8 Å². The van der Waals surface area contributed by atoms with E-state index in [1.165, 1.54) is 5.56 Å². The number of benzene rings is 2. The Morgan fingerprint density at radius 3 is 2.33 bits per heavy atom. The van der Waals surface area contributed by atoms with Gasteiger partial charge in [-0.25, -0.2) is 0 Å². The molecule has 4 heteroatoms. The van der Waals surface area contributed by atoms with Gasteiger partial charge in [0.25, 0.3) is 0 Å². The van der Waals surface area contributed by atoms with Crippen LogP contribution in [0.5, 0.6) is 0 Å². The molecule has 2 amide bonds. The molecule has 162 valence electrons. The maximum absolute atomic E-state index is 13.3. The van der Waals surface area contributed by atoms with Gasteiger partial charge in [-0.15, -0.1) is 0 Å². The Labute approximate surface area is 181 Å².